The fourth-order valence-electron chi connectivity index (χ4n) is 2.79. The van der Waals surface area contributed by atoms with Gasteiger partial charge in [-0.1, -0.05) is 37.6 Å². The van der Waals surface area contributed by atoms with E-state index < -0.39 is 23.0 Å². The Morgan fingerprint density at radius 2 is 1.82 bits per heavy atom. The van der Waals surface area contributed by atoms with E-state index in [1.54, 1.807) is 6.92 Å². The van der Waals surface area contributed by atoms with Gasteiger partial charge in [-0.05, 0) is 6.92 Å². The van der Waals surface area contributed by atoms with Gasteiger partial charge < -0.3 is 0 Å². The molecule has 4 rings (SSSR count). The van der Waals surface area contributed by atoms with Crippen LogP contribution in [0.25, 0.3) is 16.9 Å². The van der Waals surface area contributed by atoms with Crippen molar-refractivity contribution >= 4 is 23.2 Å². The third kappa shape index (κ3) is 3.55. The van der Waals surface area contributed by atoms with Crippen molar-refractivity contribution in [1.29, 1.82) is 0 Å². The van der Waals surface area contributed by atoms with Crippen molar-refractivity contribution in [1.82, 2.24) is 19.6 Å². The van der Waals surface area contributed by atoms with Gasteiger partial charge >= 0.3 is 0 Å². The van der Waals surface area contributed by atoms with Gasteiger partial charge in [0.2, 0.25) is 0 Å². The normalized spacial score (nSPS) is 16.2. The molecule has 1 aliphatic heterocycles. The highest BCUT2D eigenvalue weighted by Crippen LogP contribution is 2.40. The van der Waals surface area contributed by atoms with Crippen LogP contribution in [0, 0.1) is 17.5 Å². The molecule has 0 bridgehead atoms. The number of nitrogens with zero attached hydrogens (tertiary/aromatic N) is 5. The van der Waals surface area contributed by atoms with Crippen LogP contribution in [0.1, 0.15) is 20.8 Å². The lowest BCUT2D eigenvalue weighted by Crippen LogP contribution is -2.33. The standard InChI is InChI=1S/C16H11ClF3N5O.C2H6/c1-8-3-2-4-24(26-8)15-13(12-10(19)5-9(18)6-11(12)20)14(17)23-16-21-7-22-25(15)16;1-2/h2-3,5-8H,4H2,1H3;1-2H3. The van der Waals surface area contributed by atoms with E-state index in [9.17, 15) is 13.2 Å². The predicted molar refractivity (Wildman–Crippen MR) is 99.5 cm³/mol. The second-order valence-electron chi connectivity index (χ2n) is 5.62. The first-order valence-corrected chi connectivity index (χ1v) is 8.98. The minimum Gasteiger partial charge on any atom is -0.265 e. The summed E-state index contributed by atoms with van der Waals surface area (Å²) in [6, 6.07) is 1.15. The molecule has 0 N–H and O–H groups in total. The van der Waals surface area contributed by atoms with Crippen molar-refractivity contribution in [3.05, 3.63) is 53.2 Å². The smallest absolute Gasteiger partial charge is 0.255 e. The Morgan fingerprint density at radius 1 is 1.14 bits per heavy atom. The molecule has 148 valence electrons. The van der Waals surface area contributed by atoms with Crippen molar-refractivity contribution in [3.63, 3.8) is 0 Å². The summed E-state index contributed by atoms with van der Waals surface area (Å²) in [5, 5.41) is 5.22. The zero-order valence-corrected chi connectivity index (χ0v) is 16.1. The molecule has 0 radical (unpaired) electrons. The van der Waals surface area contributed by atoms with Crippen molar-refractivity contribution < 1.29 is 18.0 Å². The molecule has 2 aromatic heterocycles. The molecule has 0 spiro atoms. The molecule has 10 heteroatoms. The molecule has 0 amide bonds. The van der Waals surface area contributed by atoms with Crippen LogP contribution >= 0.6 is 11.6 Å². The predicted octanol–water partition coefficient (Wildman–Crippen LogP) is 4.58. The first-order valence-electron chi connectivity index (χ1n) is 8.61. The minimum absolute atomic E-state index is 0.109. The lowest BCUT2D eigenvalue weighted by atomic mass is 10.1. The first kappa shape index (κ1) is 20.1. The second kappa shape index (κ2) is 8.15. The largest absolute Gasteiger partial charge is 0.265 e. The quantitative estimate of drug-likeness (QED) is 0.456. The zero-order chi connectivity index (χ0) is 20.4. The third-order valence-corrected chi connectivity index (χ3v) is 4.10. The van der Waals surface area contributed by atoms with Gasteiger partial charge in [0.1, 0.15) is 35.0 Å². The van der Waals surface area contributed by atoms with Gasteiger partial charge in [-0.15, -0.1) is 0 Å². The molecule has 1 unspecified atom stereocenters. The summed E-state index contributed by atoms with van der Waals surface area (Å²) in [7, 11) is 0. The molecule has 28 heavy (non-hydrogen) atoms. The number of anilines is 1. The summed E-state index contributed by atoms with van der Waals surface area (Å²) < 4.78 is 43.5. The van der Waals surface area contributed by atoms with Crippen molar-refractivity contribution in [2.24, 2.45) is 0 Å². The Bertz CT molecular complexity index is 1020. The SMILES string of the molecule is CC.CC1C=CCN(c2c(-c3c(F)cc(F)cc3F)c(Cl)nc3ncnn23)O1. The van der Waals surface area contributed by atoms with Gasteiger partial charge in [0.25, 0.3) is 5.78 Å². The monoisotopic (exact) mass is 411 g/mol. The molecule has 3 heterocycles. The minimum atomic E-state index is -1.12. The van der Waals surface area contributed by atoms with Gasteiger partial charge in [-0.3, -0.25) is 4.84 Å². The Labute approximate surface area is 164 Å². The molecule has 0 saturated carbocycles. The lowest BCUT2D eigenvalue weighted by molar-refractivity contribution is 0.0683. The van der Waals surface area contributed by atoms with E-state index in [0.717, 1.165) is 0 Å². The van der Waals surface area contributed by atoms with Crippen molar-refractivity contribution in [2.45, 2.75) is 26.9 Å². The van der Waals surface area contributed by atoms with Crippen LogP contribution in [0.15, 0.2) is 30.6 Å². The highest BCUT2D eigenvalue weighted by molar-refractivity contribution is 6.33. The summed E-state index contributed by atoms with van der Waals surface area (Å²) in [6.45, 7) is 6.07. The van der Waals surface area contributed by atoms with Crippen LogP contribution in [0.3, 0.4) is 0 Å². The molecule has 1 atom stereocenters. The van der Waals surface area contributed by atoms with Crippen LogP contribution in [-0.4, -0.2) is 32.2 Å². The van der Waals surface area contributed by atoms with E-state index in [1.807, 2.05) is 26.0 Å². The molecule has 0 fully saturated rings. The van der Waals surface area contributed by atoms with E-state index in [4.69, 9.17) is 16.4 Å². The zero-order valence-electron chi connectivity index (χ0n) is 15.3. The molecule has 1 aliphatic rings. The Hall–Kier alpha value is -2.65. The van der Waals surface area contributed by atoms with Crippen molar-refractivity contribution in [3.8, 4) is 11.1 Å². The number of hydroxylamine groups is 1. The van der Waals surface area contributed by atoms with Gasteiger partial charge in [0.05, 0.1) is 17.7 Å². The van der Waals surface area contributed by atoms with Crippen molar-refractivity contribution in [2.75, 3.05) is 11.6 Å². The number of hydrogen-bond acceptors (Lipinski definition) is 5. The van der Waals surface area contributed by atoms with Crippen LogP contribution in [0.5, 0.6) is 0 Å². The van der Waals surface area contributed by atoms with E-state index in [2.05, 4.69) is 15.1 Å². The van der Waals surface area contributed by atoms with Crippen LogP contribution in [0.4, 0.5) is 19.0 Å². The second-order valence-corrected chi connectivity index (χ2v) is 5.98. The Morgan fingerprint density at radius 3 is 2.46 bits per heavy atom. The van der Waals surface area contributed by atoms with Gasteiger partial charge in [0.15, 0.2) is 5.82 Å². The summed E-state index contributed by atoms with van der Waals surface area (Å²) in [4.78, 5) is 13.7. The third-order valence-electron chi connectivity index (χ3n) is 3.82. The summed E-state index contributed by atoms with van der Waals surface area (Å²) in [5.41, 5.74) is -0.635. The lowest BCUT2D eigenvalue weighted by Gasteiger charge is -2.30. The molecule has 1 aromatic carbocycles. The molecular formula is C18H17ClF3N5O. The molecule has 6 nitrogen and oxygen atoms in total. The maximum atomic E-state index is 14.4. The van der Waals surface area contributed by atoms with Crippen LogP contribution in [-0.2, 0) is 4.84 Å². The number of fused-ring (bicyclic) bond motifs is 1. The molecule has 0 saturated heterocycles. The Kier molecular flexibility index (Phi) is 5.85. The van der Waals surface area contributed by atoms with Gasteiger partial charge in [-0.25, -0.2) is 18.2 Å². The highest BCUT2D eigenvalue weighted by Gasteiger charge is 2.29. The van der Waals surface area contributed by atoms with E-state index in [0.29, 0.717) is 12.1 Å². The number of aromatic nitrogens is 4. The summed E-state index contributed by atoms with van der Waals surface area (Å²) >= 11 is 6.22. The highest BCUT2D eigenvalue weighted by atomic mass is 35.5. The fraction of sp³-hybridized carbons (Fsp3) is 0.278. The molecular weight excluding hydrogens is 395 g/mol. The maximum Gasteiger partial charge on any atom is 0.255 e. The number of halogens is 4. The van der Waals surface area contributed by atoms with Gasteiger partial charge in [-0.2, -0.15) is 19.6 Å². The number of hydrogen-bond donors (Lipinski definition) is 0. The average molecular weight is 412 g/mol. The Balaban J connectivity index is 0.00000109. The first-order chi connectivity index (χ1) is 13.5. The number of rotatable bonds is 2. The summed E-state index contributed by atoms with van der Waals surface area (Å²) in [6.07, 6.45) is 4.60. The van der Waals surface area contributed by atoms with Gasteiger partial charge in [0, 0.05) is 12.1 Å². The van der Waals surface area contributed by atoms with Crippen LogP contribution < -0.4 is 5.06 Å². The summed E-state index contributed by atoms with van der Waals surface area (Å²) in [5.74, 6) is -3.01. The molecule has 0 aliphatic carbocycles. The fourth-order valence-corrected chi connectivity index (χ4v) is 3.05. The van der Waals surface area contributed by atoms with E-state index in [1.165, 1.54) is 15.9 Å². The number of benzene rings is 1. The molecule has 3 aromatic rings. The van der Waals surface area contributed by atoms with E-state index >= 15 is 0 Å². The maximum absolute atomic E-state index is 14.4. The topological polar surface area (TPSA) is 55.6 Å². The average Bonchev–Trinajstić information content (AvgIpc) is 3.10. The van der Waals surface area contributed by atoms with E-state index in [-0.39, 0.29) is 35.0 Å². The van der Waals surface area contributed by atoms with Crippen LogP contribution in [0.2, 0.25) is 5.15 Å².